The zero-order valence-corrected chi connectivity index (χ0v) is 5.19. The molecule has 43 valence electrons. The summed E-state index contributed by atoms with van der Waals surface area (Å²) in [7, 11) is 0. The van der Waals surface area contributed by atoms with E-state index < -0.39 is 0 Å². The molecule has 0 aliphatic rings. The van der Waals surface area contributed by atoms with Crippen LogP contribution in [0.15, 0.2) is 0 Å². The standard InChI is InChI=1S/C5H11OS/c1-2-5(7)3-4-6/h5-7H,1-4H2. The SMILES string of the molecule is [CH2]CC(S)CCO. The summed E-state index contributed by atoms with van der Waals surface area (Å²) in [5.74, 6) is 0. The number of hydrogen-bond donors (Lipinski definition) is 2. The first kappa shape index (κ1) is 7.31. The first-order chi connectivity index (χ1) is 3.31. The van der Waals surface area contributed by atoms with Crippen LogP contribution in [0.2, 0.25) is 0 Å². The van der Waals surface area contributed by atoms with Crippen LogP contribution in [-0.2, 0) is 0 Å². The smallest absolute Gasteiger partial charge is 0.0441 e. The van der Waals surface area contributed by atoms with Crippen molar-refractivity contribution in [2.75, 3.05) is 6.61 Å². The highest BCUT2D eigenvalue weighted by Gasteiger charge is 1.94. The first-order valence-corrected chi connectivity index (χ1v) is 2.91. The Balaban J connectivity index is 2.83. The monoisotopic (exact) mass is 119 g/mol. The number of aliphatic hydroxyl groups excluding tert-OH is 1. The molecule has 0 rings (SSSR count). The Bertz CT molecular complexity index is 39.1. The molecule has 1 nitrogen and oxygen atoms in total. The molecule has 0 amide bonds. The van der Waals surface area contributed by atoms with Gasteiger partial charge in [-0.1, -0.05) is 6.92 Å². The predicted octanol–water partition coefficient (Wildman–Crippen LogP) is 0.891. The summed E-state index contributed by atoms with van der Waals surface area (Å²) in [6.45, 7) is 3.84. The van der Waals surface area contributed by atoms with Crippen LogP contribution < -0.4 is 0 Å². The van der Waals surface area contributed by atoms with Gasteiger partial charge in [0.05, 0.1) is 0 Å². The largest absolute Gasteiger partial charge is 0.396 e. The average Bonchev–Trinajstić information content (AvgIpc) is 1.68. The van der Waals surface area contributed by atoms with Crippen molar-refractivity contribution in [1.29, 1.82) is 0 Å². The molecule has 0 aromatic rings. The number of aliphatic hydroxyl groups is 1. The maximum Gasteiger partial charge on any atom is 0.0441 e. The van der Waals surface area contributed by atoms with E-state index in [4.69, 9.17) is 5.11 Å². The zero-order valence-electron chi connectivity index (χ0n) is 4.30. The van der Waals surface area contributed by atoms with E-state index in [1.54, 1.807) is 0 Å². The minimum absolute atomic E-state index is 0.226. The highest BCUT2D eigenvalue weighted by atomic mass is 32.1. The van der Waals surface area contributed by atoms with Crippen LogP contribution >= 0.6 is 12.6 Å². The minimum atomic E-state index is 0.226. The van der Waals surface area contributed by atoms with Crippen molar-refractivity contribution in [3.05, 3.63) is 6.92 Å². The Morgan fingerprint density at radius 2 is 2.29 bits per heavy atom. The molecule has 0 bridgehead atoms. The van der Waals surface area contributed by atoms with Gasteiger partial charge < -0.3 is 5.11 Å². The number of rotatable bonds is 3. The molecule has 1 unspecified atom stereocenters. The van der Waals surface area contributed by atoms with Gasteiger partial charge in [0, 0.05) is 11.9 Å². The Morgan fingerprint density at radius 1 is 1.71 bits per heavy atom. The van der Waals surface area contributed by atoms with Crippen LogP contribution in [0.3, 0.4) is 0 Å². The Hall–Kier alpha value is 0.310. The zero-order chi connectivity index (χ0) is 5.70. The molecule has 7 heavy (non-hydrogen) atoms. The summed E-state index contributed by atoms with van der Waals surface area (Å²) in [4.78, 5) is 0. The van der Waals surface area contributed by atoms with Crippen molar-refractivity contribution in [2.24, 2.45) is 0 Å². The lowest BCUT2D eigenvalue weighted by Crippen LogP contribution is -1.98. The molecule has 1 radical (unpaired) electrons. The molecule has 1 atom stereocenters. The van der Waals surface area contributed by atoms with Crippen LogP contribution in [0.4, 0.5) is 0 Å². The van der Waals surface area contributed by atoms with E-state index in [9.17, 15) is 0 Å². The fourth-order valence-corrected chi connectivity index (χ4v) is 0.409. The van der Waals surface area contributed by atoms with Gasteiger partial charge in [-0.3, -0.25) is 0 Å². The second-order valence-electron chi connectivity index (χ2n) is 1.45. The molecular weight excluding hydrogens is 108 g/mol. The quantitative estimate of drug-likeness (QED) is 0.529. The minimum Gasteiger partial charge on any atom is -0.396 e. The van der Waals surface area contributed by atoms with E-state index in [-0.39, 0.29) is 11.9 Å². The summed E-state index contributed by atoms with van der Waals surface area (Å²) < 4.78 is 0. The molecular formula is C5H11OS. The van der Waals surface area contributed by atoms with Crippen molar-refractivity contribution in [3.63, 3.8) is 0 Å². The molecule has 0 fully saturated rings. The molecule has 0 aliphatic heterocycles. The summed E-state index contributed by atoms with van der Waals surface area (Å²) in [6, 6.07) is 0. The van der Waals surface area contributed by atoms with Crippen molar-refractivity contribution in [2.45, 2.75) is 18.1 Å². The van der Waals surface area contributed by atoms with Crippen LogP contribution in [0.1, 0.15) is 12.8 Å². The molecule has 2 heteroatoms. The van der Waals surface area contributed by atoms with Gasteiger partial charge in [0.2, 0.25) is 0 Å². The van der Waals surface area contributed by atoms with Crippen LogP contribution in [0, 0.1) is 6.92 Å². The van der Waals surface area contributed by atoms with Gasteiger partial charge in [0.1, 0.15) is 0 Å². The topological polar surface area (TPSA) is 20.2 Å². The lowest BCUT2D eigenvalue weighted by Gasteiger charge is -2.01. The van der Waals surface area contributed by atoms with Crippen molar-refractivity contribution >= 4 is 12.6 Å². The fourth-order valence-electron chi connectivity index (χ4n) is 0.293. The maximum absolute atomic E-state index is 8.29. The summed E-state index contributed by atoms with van der Waals surface area (Å²) in [5, 5.41) is 8.57. The Morgan fingerprint density at radius 3 is 2.43 bits per heavy atom. The Kier molecular flexibility index (Phi) is 4.67. The van der Waals surface area contributed by atoms with Gasteiger partial charge in [0.15, 0.2) is 0 Å². The van der Waals surface area contributed by atoms with Crippen molar-refractivity contribution in [1.82, 2.24) is 0 Å². The second-order valence-corrected chi connectivity index (χ2v) is 2.19. The van der Waals surface area contributed by atoms with Gasteiger partial charge in [0.25, 0.3) is 0 Å². The third-order valence-electron chi connectivity index (χ3n) is 0.796. The number of thiol groups is 1. The van der Waals surface area contributed by atoms with Crippen molar-refractivity contribution < 1.29 is 5.11 Å². The molecule has 0 spiro atoms. The summed E-state index contributed by atoms with van der Waals surface area (Å²) in [5.41, 5.74) is 0. The van der Waals surface area contributed by atoms with Gasteiger partial charge in [-0.25, -0.2) is 0 Å². The van der Waals surface area contributed by atoms with Gasteiger partial charge in [-0.05, 0) is 12.8 Å². The number of hydrogen-bond acceptors (Lipinski definition) is 2. The van der Waals surface area contributed by atoms with E-state index in [0.717, 1.165) is 12.8 Å². The fraction of sp³-hybridized carbons (Fsp3) is 0.800. The summed E-state index contributed by atoms with van der Waals surface area (Å²) >= 11 is 4.09. The normalized spacial score (nSPS) is 14.1. The third kappa shape index (κ3) is 4.16. The van der Waals surface area contributed by atoms with Crippen LogP contribution in [-0.4, -0.2) is 17.0 Å². The highest BCUT2D eigenvalue weighted by Crippen LogP contribution is 2.02. The van der Waals surface area contributed by atoms with Gasteiger partial charge in [-0.15, -0.1) is 0 Å². The molecule has 0 saturated carbocycles. The summed E-state index contributed by atoms with van der Waals surface area (Å²) in [6.07, 6.45) is 1.55. The third-order valence-corrected chi connectivity index (χ3v) is 1.31. The molecule has 0 saturated heterocycles. The molecule has 0 aliphatic carbocycles. The van der Waals surface area contributed by atoms with Crippen LogP contribution in [0.25, 0.3) is 0 Å². The van der Waals surface area contributed by atoms with Gasteiger partial charge in [-0.2, -0.15) is 12.6 Å². The lowest BCUT2D eigenvalue weighted by molar-refractivity contribution is 0.287. The maximum atomic E-state index is 8.29. The first-order valence-electron chi connectivity index (χ1n) is 2.39. The predicted molar refractivity (Wildman–Crippen MR) is 34.5 cm³/mol. The second kappa shape index (κ2) is 4.47. The van der Waals surface area contributed by atoms with E-state index >= 15 is 0 Å². The average molecular weight is 119 g/mol. The van der Waals surface area contributed by atoms with E-state index in [1.165, 1.54) is 0 Å². The van der Waals surface area contributed by atoms with Crippen molar-refractivity contribution in [3.8, 4) is 0 Å². The van der Waals surface area contributed by atoms with Crippen LogP contribution in [0.5, 0.6) is 0 Å². The van der Waals surface area contributed by atoms with E-state index in [2.05, 4.69) is 19.6 Å². The Labute approximate surface area is 50.1 Å². The highest BCUT2D eigenvalue weighted by molar-refractivity contribution is 7.80. The molecule has 0 heterocycles. The molecule has 1 N–H and O–H groups in total. The molecule has 0 aromatic heterocycles. The van der Waals surface area contributed by atoms with E-state index in [1.807, 2.05) is 0 Å². The molecule has 0 aromatic carbocycles. The lowest BCUT2D eigenvalue weighted by atomic mass is 10.2. The van der Waals surface area contributed by atoms with E-state index in [0.29, 0.717) is 0 Å². The van der Waals surface area contributed by atoms with Gasteiger partial charge >= 0.3 is 0 Å².